The monoisotopic (exact) mass is 592 g/mol. The minimum absolute atomic E-state index is 0.0760. The number of para-hydroxylation sites is 1. The quantitative estimate of drug-likeness (QED) is 0.266. The number of anilines is 1. The number of pyridine rings is 1. The van der Waals surface area contributed by atoms with Crippen molar-refractivity contribution in [1.82, 2.24) is 14.3 Å². The molecule has 39 heavy (non-hydrogen) atoms. The minimum Gasteiger partial charge on any atom is -0.302 e. The number of carbonyl (C=O) groups is 1. The van der Waals surface area contributed by atoms with E-state index in [2.05, 4.69) is 9.97 Å². The topological polar surface area (TPSA) is 83.5 Å². The van der Waals surface area contributed by atoms with Gasteiger partial charge in [0.05, 0.1) is 16.3 Å². The average molecular weight is 593 g/mol. The highest BCUT2D eigenvalue weighted by Crippen LogP contribution is 2.36. The molecule has 1 atom stereocenters. The second kappa shape index (κ2) is 10.9. The number of fused-ring (bicyclic) bond motifs is 2. The first kappa shape index (κ1) is 27.6. The Hall–Kier alpha value is -3.00. The summed E-state index contributed by atoms with van der Waals surface area (Å²) in [4.78, 5) is 24.3. The summed E-state index contributed by atoms with van der Waals surface area (Å²) in [7, 11) is -5.66. The van der Waals surface area contributed by atoms with Gasteiger partial charge >= 0.3 is 15.5 Å². The number of carbonyl (C=O) groups excluding carboxylic acids is 1. The van der Waals surface area contributed by atoms with Gasteiger partial charge in [0.1, 0.15) is 5.69 Å². The van der Waals surface area contributed by atoms with Crippen LogP contribution in [0.3, 0.4) is 0 Å². The van der Waals surface area contributed by atoms with Crippen LogP contribution in [-0.4, -0.2) is 52.9 Å². The molecule has 0 radical (unpaired) electrons. The van der Waals surface area contributed by atoms with E-state index in [1.807, 2.05) is 36.6 Å². The number of aromatic nitrogens is 2. The molecule has 0 saturated carbocycles. The Morgan fingerprint density at radius 1 is 1.13 bits per heavy atom. The molecular weight excluding hydrogens is 570 g/mol. The van der Waals surface area contributed by atoms with Crippen molar-refractivity contribution >= 4 is 54.9 Å². The highest BCUT2D eigenvalue weighted by Gasteiger charge is 2.51. The normalized spacial score (nSPS) is 16.7. The fraction of sp³-hybridized carbons (Fsp3) is 0.269. The van der Waals surface area contributed by atoms with E-state index in [0.29, 0.717) is 27.5 Å². The van der Waals surface area contributed by atoms with Gasteiger partial charge < -0.3 is 4.90 Å². The largest absolute Gasteiger partial charge is 0.511 e. The SMILES string of the molecule is CSc1nc2cc(C(=O)N3c4ccccc4CN(S(=O)(=O)C(F)(F)F)C[C@@H]3CCc3ccccc3)ncc2s1. The standard InChI is InChI=1S/C26H23F3N4O3S3/c1-37-25-31-20-13-21(30-14-23(20)38-25)24(34)33-19(12-11-17-7-3-2-4-8-17)16-32(39(35,36)26(27,28)29)15-18-9-5-6-10-22(18)33/h2-10,13-14,19H,11-12,15-16H2,1H3/t19-/m0/s1. The number of alkyl halides is 3. The van der Waals surface area contributed by atoms with E-state index >= 15 is 0 Å². The van der Waals surface area contributed by atoms with Crippen LogP contribution in [0.5, 0.6) is 0 Å². The maximum absolute atomic E-state index is 14.1. The van der Waals surface area contributed by atoms with Crippen molar-refractivity contribution in [3.63, 3.8) is 0 Å². The zero-order chi connectivity index (χ0) is 27.8. The van der Waals surface area contributed by atoms with Crippen LogP contribution < -0.4 is 4.90 Å². The molecule has 0 fully saturated rings. The lowest BCUT2D eigenvalue weighted by atomic mass is 10.0. The van der Waals surface area contributed by atoms with E-state index < -0.39 is 40.6 Å². The van der Waals surface area contributed by atoms with E-state index in [-0.39, 0.29) is 12.1 Å². The summed E-state index contributed by atoms with van der Waals surface area (Å²) in [5.74, 6) is -0.535. The van der Waals surface area contributed by atoms with E-state index in [0.717, 1.165) is 14.6 Å². The molecule has 3 heterocycles. The predicted octanol–water partition coefficient (Wildman–Crippen LogP) is 5.73. The van der Waals surface area contributed by atoms with Crippen molar-refractivity contribution in [2.45, 2.75) is 35.3 Å². The van der Waals surface area contributed by atoms with Crippen molar-refractivity contribution < 1.29 is 26.4 Å². The summed E-state index contributed by atoms with van der Waals surface area (Å²) in [6.45, 7) is -1.04. The number of hydrogen-bond donors (Lipinski definition) is 0. The van der Waals surface area contributed by atoms with Crippen LogP contribution in [0, 0.1) is 0 Å². The van der Waals surface area contributed by atoms with Gasteiger partial charge in [-0.1, -0.05) is 60.3 Å². The Labute approximate surface area is 231 Å². The van der Waals surface area contributed by atoms with Crippen LogP contribution in [0.4, 0.5) is 18.9 Å². The summed E-state index contributed by atoms with van der Waals surface area (Å²) >= 11 is 2.91. The molecular formula is C26H23F3N4O3S3. The van der Waals surface area contributed by atoms with Gasteiger partial charge in [-0.3, -0.25) is 4.79 Å². The third-order valence-corrected chi connectivity index (χ3v) is 10.0. The van der Waals surface area contributed by atoms with Gasteiger partial charge in [0, 0.05) is 25.0 Å². The van der Waals surface area contributed by atoms with Crippen molar-refractivity contribution in [1.29, 1.82) is 0 Å². The summed E-state index contributed by atoms with van der Waals surface area (Å²) < 4.78 is 68.2. The van der Waals surface area contributed by atoms with Crippen LogP contribution >= 0.6 is 23.1 Å². The van der Waals surface area contributed by atoms with Gasteiger partial charge in [0.25, 0.3) is 5.91 Å². The number of thioether (sulfide) groups is 1. The fourth-order valence-electron chi connectivity index (χ4n) is 4.59. The molecule has 7 nitrogen and oxygen atoms in total. The number of sulfonamides is 1. The molecule has 0 unspecified atom stereocenters. The summed E-state index contributed by atoms with van der Waals surface area (Å²) in [6.07, 6.45) is 4.10. The van der Waals surface area contributed by atoms with E-state index in [1.165, 1.54) is 34.1 Å². The molecule has 1 aliphatic heterocycles. The molecule has 1 aliphatic rings. The fourth-order valence-corrected chi connectivity index (χ4v) is 7.00. The molecule has 2 aromatic carbocycles. The van der Waals surface area contributed by atoms with Crippen molar-refractivity contribution in [3.8, 4) is 0 Å². The van der Waals surface area contributed by atoms with Gasteiger partial charge in [-0.25, -0.2) is 18.4 Å². The van der Waals surface area contributed by atoms with Crippen molar-refractivity contribution in [2.75, 3.05) is 17.7 Å². The van der Waals surface area contributed by atoms with Gasteiger partial charge in [0.2, 0.25) is 0 Å². The van der Waals surface area contributed by atoms with E-state index in [1.54, 1.807) is 30.5 Å². The summed E-state index contributed by atoms with van der Waals surface area (Å²) in [6, 6.07) is 16.4. The Balaban J connectivity index is 1.60. The van der Waals surface area contributed by atoms with E-state index in [4.69, 9.17) is 0 Å². The molecule has 0 N–H and O–H groups in total. The van der Waals surface area contributed by atoms with Crippen molar-refractivity contribution in [3.05, 3.63) is 83.7 Å². The number of aryl methyl sites for hydroxylation is 1. The first-order chi connectivity index (χ1) is 18.6. The van der Waals surface area contributed by atoms with Gasteiger partial charge in [-0.2, -0.15) is 17.5 Å². The highest BCUT2D eigenvalue weighted by molar-refractivity contribution is 8.00. The summed E-state index contributed by atoms with van der Waals surface area (Å²) in [5.41, 5.74) is -3.25. The van der Waals surface area contributed by atoms with Gasteiger partial charge in [-0.15, -0.1) is 11.3 Å². The number of amides is 1. The van der Waals surface area contributed by atoms with Crippen LogP contribution in [-0.2, 0) is 23.0 Å². The first-order valence-electron chi connectivity index (χ1n) is 11.9. The molecule has 4 aromatic rings. The molecule has 13 heteroatoms. The maximum Gasteiger partial charge on any atom is 0.511 e. The predicted molar refractivity (Wildman–Crippen MR) is 146 cm³/mol. The maximum atomic E-state index is 14.1. The Morgan fingerprint density at radius 3 is 2.56 bits per heavy atom. The molecule has 0 bridgehead atoms. The molecule has 2 aromatic heterocycles. The Kier molecular flexibility index (Phi) is 7.68. The number of thiazole rings is 1. The zero-order valence-corrected chi connectivity index (χ0v) is 23.1. The lowest BCUT2D eigenvalue weighted by Crippen LogP contribution is -2.49. The highest BCUT2D eigenvalue weighted by atomic mass is 32.2. The lowest BCUT2D eigenvalue weighted by molar-refractivity contribution is -0.0492. The number of hydrogen-bond acceptors (Lipinski definition) is 7. The first-order valence-corrected chi connectivity index (χ1v) is 15.4. The van der Waals surface area contributed by atoms with Crippen LogP contribution in [0.15, 0.2) is 71.2 Å². The van der Waals surface area contributed by atoms with Crippen LogP contribution in [0.25, 0.3) is 10.2 Å². The molecule has 0 aliphatic carbocycles. The average Bonchev–Trinajstić information content (AvgIpc) is 3.26. The van der Waals surface area contributed by atoms with Crippen LogP contribution in [0.2, 0.25) is 0 Å². The molecule has 0 saturated heterocycles. The van der Waals surface area contributed by atoms with Gasteiger partial charge in [0.15, 0.2) is 4.34 Å². The Bertz CT molecular complexity index is 1610. The lowest BCUT2D eigenvalue weighted by Gasteiger charge is -2.32. The van der Waals surface area contributed by atoms with Crippen molar-refractivity contribution in [2.24, 2.45) is 0 Å². The molecule has 0 spiro atoms. The van der Waals surface area contributed by atoms with Crippen LogP contribution in [0.1, 0.15) is 28.0 Å². The number of nitrogens with zero attached hydrogens (tertiary/aromatic N) is 4. The Morgan fingerprint density at radius 2 is 1.85 bits per heavy atom. The molecule has 204 valence electrons. The third kappa shape index (κ3) is 5.53. The number of benzene rings is 2. The third-order valence-electron chi connectivity index (χ3n) is 6.49. The summed E-state index contributed by atoms with van der Waals surface area (Å²) in [5, 5.41) is 0. The number of halogens is 3. The zero-order valence-electron chi connectivity index (χ0n) is 20.6. The molecule has 5 rings (SSSR count). The second-order valence-corrected chi connectivity index (χ2v) is 13.0. The van der Waals surface area contributed by atoms with E-state index in [9.17, 15) is 26.4 Å². The van der Waals surface area contributed by atoms with Gasteiger partial charge in [-0.05, 0) is 42.4 Å². The molecule has 1 amide bonds. The second-order valence-electron chi connectivity index (χ2n) is 8.95. The number of rotatable bonds is 6. The smallest absolute Gasteiger partial charge is 0.302 e. The minimum atomic E-state index is -5.66.